The first-order valence-electron chi connectivity index (χ1n) is 7.23. The molecule has 2 aromatic heterocycles. The van der Waals surface area contributed by atoms with Crippen LogP contribution in [0, 0.1) is 0 Å². The lowest BCUT2D eigenvalue weighted by atomic mass is 10.2. The molecule has 25 heavy (non-hydrogen) atoms. The maximum Gasteiger partial charge on any atom is 0.573 e. The molecule has 0 saturated heterocycles. The summed E-state index contributed by atoms with van der Waals surface area (Å²) in [7, 11) is 0. The van der Waals surface area contributed by atoms with E-state index in [1.54, 1.807) is 12.4 Å². The van der Waals surface area contributed by atoms with Gasteiger partial charge in [0.2, 0.25) is 0 Å². The highest BCUT2D eigenvalue weighted by Gasteiger charge is 2.31. The quantitative estimate of drug-likeness (QED) is 0.592. The van der Waals surface area contributed by atoms with Crippen molar-refractivity contribution in [1.82, 2.24) is 14.5 Å². The highest BCUT2D eigenvalue weighted by molar-refractivity contribution is 7.22. The Bertz CT molecular complexity index is 1070. The lowest BCUT2D eigenvalue weighted by molar-refractivity contribution is -0.274. The van der Waals surface area contributed by atoms with E-state index in [0.29, 0.717) is 17.2 Å². The molecule has 4 rings (SSSR count). The summed E-state index contributed by atoms with van der Waals surface area (Å²) < 4.78 is 43.7. The zero-order chi connectivity index (χ0) is 17.6. The molecule has 0 amide bonds. The van der Waals surface area contributed by atoms with Gasteiger partial charge in [-0.15, -0.1) is 13.2 Å². The van der Waals surface area contributed by atoms with Crippen LogP contribution in [0.4, 0.5) is 18.3 Å². The lowest BCUT2D eigenvalue weighted by Gasteiger charge is -2.09. The van der Waals surface area contributed by atoms with Crippen molar-refractivity contribution in [3.05, 3.63) is 48.3 Å². The summed E-state index contributed by atoms with van der Waals surface area (Å²) >= 11 is 1.41. The average Bonchev–Trinajstić information content (AvgIpc) is 3.08. The van der Waals surface area contributed by atoms with Gasteiger partial charge in [-0.05, 0) is 29.8 Å². The Morgan fingerprint density at radius 3 is 2.76 bits per heavy atom. The second kappa shape index (κ2) is 5.62. The number of hydrogen-bond donors (Lipinski definition) is 1. The van der Waals surface area contributed by atoms with Crippen molar-refractivity contribution in [2.24, 2.45) is 0 Å². The van der Waals surface area contributed by atoms with Crippen LogP contribution in [0.25, 0.3) is 21.3 Å². The maximum atomic E-state index is 12.3. The summed E-state index contributed by atoms with van der Waals surface area (Å²) in [6, 6.07) is 9.94. The van der Waals surface area contributed by atoms with Crippen molar-refractivity contribution >= 4 is 37.7 Å². The number of thiazole rings is 1. The Morgan fingerprint density at radius 2 is 1.96 bits per heavy atom. The van der Waals surface area contributed by atoms with Crippen molar-refractivity contribution in [2.75, 3.05) is 5.73 Å². The summed E-state index contributed by atoms with van der Waals surface area (Å²) in [4.78, 5) is 8.37. The molecular weight excluding hydrogens is 353 g/mol. The van der Waals surface area contributed by atoms with Gasteiger partial charge in [-0.25, -0.2) is 9.97 Å². The molecule has 0 unspecified atom stereocenters. The van der Waals surface area contributed by atoms with Crippen molar-refractivity contribution in [1.29, 1.82) is 0 Å². The fraction of sp³-hybridized carbons (Fsp3) is 0.125. The number of hydrogen-bond acceptors (Lipinski definition) is 5. The van der Waals surface area contributed by atoms with E-state index in [0.717, 1.165) is 21.3 Å². The van der Waals surface area contributed by atoms with Gasteiger partial charge in [0.05, 0.1) is 27.6 Å². The lowest BCUT2D eigenvalue weighted by Crippen LogP contribution is -2.17. The monoisotopic (exact) mass is 364 g/mol. The number of rotatable bonds is 3. The van der Waals surface area contributed by atoms with Crippen LogP contribution < -0.4 is 10.5 Å². The number of halogens is 3. The smallest absolute Gasteiger partial charge is 0.406 e. The van der Waals surface area contributed by atoms with Crippen molar-refractivity contribution in [3.63, 3.8) is 0 Å². The first-order chi connectivity index (χ1) is 11.9. The zero-order valence-electron chi connectivity index (χ0n) is 12.6. The van der Waals surface area contributed by atoms with E-state index in [4.69, 9.17) is 5.73 Å². The highest BCUT2D eigenvalue weighted by atomic mass is 32.1. The van der Waals surface area contributed by atoms with Crippen LogP contribution in [0.5, 0.6) is 5.75 Å². The Labute approximate surface area is 143 Å². The van der Waals surface area contributed by atoms with Crippen LogP contribution in [0.3, 0.4) is 0 Å². The largest absolute Gasteiger partial charge is 0.573 e. The van der Waals surface area contributed by atoms with Gasteiger partial charge < -0.3 is 15.0 Å². The van der Waals surface area contributed by atoms with Crippen LogP contribution in [0.15, 0.2) is 42.7 Å². The van der Waals surface area contributed by atoms with E-state index in [1.807, 2.05) is 22.8 Å². The van der Waals surface area contributed by atoms with Crippen LogP contribution in [-0.2, 0) is 6.54 Å². The number of ether oxygens (including phenoxy) is 1. The molecule has 0 aliphatic carbocycles. The van der Waals surface area contributed by atoms with Gasteiger partial charge in [0.15, 0.2) is 5.13 Å². The molecule has 0 saturated carbocycles. The SMILES string of the molecule is Nc1nc2ccc(Cn3cnc4cc(OC(F)(F)F)ccc43)cc2s1. The number of aromatic nitrogens is 3. The zero-order valence-corrected chi connectivity index (χ0v) is 13.4. The number of alkyl halides is 3. The molecule has 0 aliphatic heterocycles. The number of nitrogen functional groups attached to an aromatic ring is 1. The fourth-order valence-electron chi connectivity index (χ4n) is 2.65. The van der Waals surface area contributed by atoms with Gasteiger partial charge in [-0.3, -0.25) is 0 Å². The van der Waals surface area contributed by atoms with Crippen molar-refractivity contribution in [2.45, 2.75) is 12.9 Å². The molecule has 0 atom stereocenters. The normalized spacial score (nSPS) is 12.1. The molecular formula is C16H11F3N4OS. The van der Waals surface area contributed by atoms with E-state index in [-0.39, 0.29) is 5.75 Å². The van der Waals surface area contributed by atoms with E-state index >= 15 is 0 Å². The predicted octanol–water partition coefficient (Wildman–Crippen LogP) is 4.18. The van der Waals surface area contributed by atoms with Gasteiger partial charge >= 0.3 is 6.36 Å². The molecule has 2 aromatic carbocycles. The maximum absolute atomic E-state index is 12.3. The van der Waals surface area contributed by atoms with Crippen LogP contribution >= 0.6 is 11.3 Å². The molecule has 2 N–H and O–H groups in total. The molecule has 0 fully saturated rings. The molecule has 0 spiro atoms. The van der Waals surface area contributed by atoms with Crippen LogP contribution in [-0.4, -0.2) is 20.9 Å². The number of nitrogens with zero attached hydrogens (tertiary/aromatic N) is 3. The summed E-state index contributed by atoms with van der Waals surface area (Å²) in [5.74, 6) is -0.285. The molecule has 128 valence electrons. The third kappa shape index (κ3) is 3.22. The van der Waals surface area contributed by atoms with Crippen LogP contribution in [0.2, 0.25) is 0 Å². The minimum atomic E-state index is -4.72. The van der Waals surface area contributed by atoms with Gasteiger partial charge in [-0.1, -0.05) is 17.4 Å². The van der Waals surface area contributed by atoms with E-state index < -0.39 is 6.36 Å². The number of anilines is 1. The van der Waals surface area contributed by atoms with Crippen molar-refractivity contribution in [3.8, 4) is 5.75 Å². The third-order valence-corrected chi connectivity index (χ3v) is 4.50. The number of imidazole rings is 1. The standard InChI is InChI=1S/C16H11F3N4OS/c17-16(18,19)24-10-2-4-13-12(6-10)21-8-23(13)7-9-1-3-11-14(5-9)25-15(20)22-11/h1-6,8H,7H2,(H2,20,22). The first kappa shape index (κ1) is 15.7. The van der Waals surface area contributed by atoms with E-state index in [9.17, 15) is 13.2 Å². The Hall–Kier alpha value is -2.81. The predicted molar refractivity (Wildman–Crippen MR) is 89.6 cm³/mol. The molecule has 4 aromatic rings. The van der Waals surface area contributed by atoms with E-state index in [2.05, 4.69) is 14.7 Å². The second-order valence-corrected chi connectivity index (χ2v) is 6.49. The van der Waals surface area contributed by atoms with Gasteiger partial charge in [-0.2, -0.15) is 0 Å². The number of benzene rings is 2. The Kier molecular flexibility index (Phi) is 3.53. The summed E-state index contributed by atoms with van der Waals surface area (Å²) in [5, 5.41) is 0.512. The van der Waals surface area contributed by atoms with Gasteiger partial charge in [0, 0.05) is 12.6 Å². The number of nitrogens with two attached hydrogens (primary N) is 1. The summed E-state index contributed by atoms with van der Waals surface area (Å²) in [6.45, 7) is 0.531. The van der Waals surface area contributed by atoms with Gasteiger partial charge in [0.25, 0.3) is 0 Å². The Morgan fingerprint density at radius 1 is 1.12 bits per heavy atom. The molecule has 2 heterocycles. The fourth-order valence-corrected chi connectivity index (χ4v) is 3.45. The van der Waals surface area contributed by atoms with Gasteiger partial charge in [0.1, 0.15) is 5.75 Å². The topological polar surface area (TPSA) is 66.0 Å². The van der Waals surface area contributed by atoms with Crippen LogP contribution in [0.1, 0.15) is 5.56 Å². The van der Waals surface area contributed by atoms with Crippen molar-refractivity contribution < 1.29 is 17.9 Å². The average molecular weight is 364 g/mol. The molecule has 9 heteroatoms. The number of fused-ring (bicyclic) bond motifs is 2. The summed E-state index contributed by atoms with van der Waals surface area (Å²) in [6.07, 6.45) is -3.13. The third-order valence-electron chi connectivity index (χ3n) is 3.65. The molecule has 0 bridgehead atoms. The minimum absolute atomic E-state index is 0.285. The molecule has 0 radical (unpaired) electrons. The molecule has 5 nitrogen and oxygen atoms in total. The summed E-state index contributed by atoms with van der Waals surface area (Å²) in [5.41, 5.74) is 8.73. The Balaban J connectivity index is 1.64. The molecule has 0 aliphatic rings. The highest BCUT2D eigenvalue weighted by Crippen LogP contribution is 2.28. The van der Waals surface area contributed by atoms with E-state index in [1.165, 1.54) is 23.5 Å². The first-order valence-corrected chi connectivity index (χ1v) is 8.05. The second-order valence-electron chi connectivity index (χ2n) is 5.42. The minimum Gasteiger partial charge on any atom is -0.406 e.